The maximum absolute atomic E-state index is 11.7. The molecule has 1 aliphatic rings. The summed E-state index contributed by atoms with van der Waals surface area (Å²) in [5.74, 6) is 0.811. The molecule has 0 unspecified atom stereocenters. The molecule has 0 radical (unpaired) electrons. The zero-order valence-corrected chi connectivity index (χ0v) is 17.6. The molecule has 2 N–H and O–H groups in total. The highest BCUT2D eigenvalue weighted by Gasteiger charge is 2.23. The predicted molar refractivity (Wildman–Crippen MR) is 109 cm³/mol. The van der Waals surface area contributed by atoms with Crippen LogP contribution in [0.25, 0.3) is 0 Å². The molecule has 136 valence electrons. The number of piperidine rings is 1. The monoisotopic (exact) mass is 466 g/mol. The molecule has 0 spiro atoms. The van der Waals surface area contributed by atoms with Crippen LogP contribution in [0.3, 0.4) is 0 Å². The van der Waals surface area contributed by atoms with E-state index in [1.165, 1.54) is 9.75 Å². The lowest BCUT2D eigenvalue weighted by Crippen LogP contribution is -2.49. The van der Waals surface area contributed by atoms with E-state index in [0.29, 0.717) is 12.6 Å². The van der Waals surface area contributed by atoms with Gasteiger partial charge in [-0.05, 0) is 38.8 Å². The van der Waals surface area contributed by atoms with Crippen LogP contribution in [-0.4, -0.2) is 49.7 Å². The summed E-state index contributed by atoms with van der Waals surface area (Å²) in [5.41, 5.74) is 0. The largest absolute Gasteiger partial charge is 0.450 e. The van der Waals surface area contributed by atoms with Crippen molar-refractivity contribution in [1.29, 1.82) is 0 Å². The van der Waals surface area contributed by atoms with Gasteiger partial charge in [0.25, 0.3) is 0 Å². The van der Waals surface area contributed by atoms with Gasteiger partial charge in [0, 0.05) is 35.9 Å². The number of nitrogens with zero attached hydrogens (tertiary/aromatic N) is 2. The third-order valence-electron chi connectivity index (χ3n) is 3.81. The minimum Gasteiger partial charge on any atom is -0.450 e. The molecule has 1 aromatic rings. The van der Waals surface area contributed by atoms with Gasteiger partial charge in [0.1, 0.15) is 0 Å². The predicted octanol–water partition coefficient (Wildman–Crippen LogP) is 2.96. The molecule has 0 atom stereocenters. The topological polar surface area (TPSA) is 66.0 Å². The first-order valence-electron chi connectivity index (χ1n) is 8.06. The summed E-state index contributed by atoms with van der Waals surface area (Å²) in [6.45, 7) is 6.58. The average Bonchev–Trinajstić information content (AvgIpc) is 2.97. The lowest BCUT2D eigenvalue weighted by Gasteiger charge is -2.32. The SMILES string of the molecule is CCOC(=O)N1CCC(NC(=NC)NCc2ccc(C)s2)CC1.I. The van der Waals surface area contributed by atoms with Crippen LogP contribution in [0.5, 0.6) is 0 Å². The van der Waals surface area contributed by atoms with E-state index in [9.17, 15) is 4.79 Å². The Morgan fingerprint density at radius 3 is 2.67 bits per heavy atom. The quantitative estimate of drug-likeness (QED) is 0.407. The molecule has 1 fully saturated rings. The van der Waals surface area contributed by atoms with Gasteiger partial charge >= 0.3 is 6.09 Å². The number of rotatable bonds is 4. The number of carbonyl (C=O) groups is 1. The molecular formula is C16H27IN4O2S. The third kappa shape index (κ3) is 6.46. The number of amides is 1. The van der Waals surface area contributed by atoms with Crippen LogP contribution in [0.4, 0.5) is 4.79 Å². The van der Waals surface area contributed by atoms with Crippen LogP contribution < -0.4 is 10.6 Å². The maximum Gasteiger partial charge on any atom is 0.409 e. The van der Waals surface area contributed by atoms with Crippen LogP contribution in [-0.2, 0) is 11.3 Å². The normalized spacial score (nSPS) is 15.6. The van der Waals surface area contributed by atoms with Crippen molar-refractivity contribution >= 4 is 47.4 Å². The van der Waals surface area contributed by atoms with E-state index in [1.54, 1.807) is 23.3 Å². The van der Waals surface area contributed by atoms with Crippen molar-refractivity contribution in [1.82, 2.24) is 15.5 Å². The minimum atomic E-state index is -0.207. The lowest BCUT2D eigenvalue weighted by atomic mass is 10.1. The van der Waals surface area contributed by atoms with Crippen LogP contribution in [0.15, 0.2) is 17.1 Å². The summed E-state index contributed by atoms with van der Waals surface area (Å²) in [7, 11) is 1.78. The molecule has 2 heterocycles. The number of halogens is 1. The second-order valence-corrected chi connectivity index (χ2v) is 6.92. The Morgan fingerprint density at radius 2 is 2.12 bits per heavy atom. The van der Waals surface area contributed by atoms with Gasteiger partial charge in [-0.1, -0.05) is 0 Å². The molecule has 2 rings (SSSR count). The Balaban J connectivity index is 0.00000288. The highest BCUT2D eigenvalue weighted by atomic mass is 127. The second-order valence-electron chi connectivity index (χ2n) is 5.54. The van der Waals surface area contributed by atoms with Crippen LogP contribution in [0, 0.1) is 6.92 Å². The number of aliphatic imine (C=N–C) groups is 1. The van der Waals surface area contributed by atoms with E-state index in [-0.39, 0.29) is 30.1 Å². The molecule has 6 nitrogen and oxygen atoms in total. The first-order chi connectivity index (χ1) is 11.1. The summed E-state index contributed by atoms with van der Waals surface area (Å²) < 4.78 is 5.04. The molecular weight excluding hydrogens is 439 g/mol. The zero-order chi connectivity index (χ0) is 16.7. The van der Waals surface area contributed by atoms with Crippen molar-refractivity contribution in [3.05, 3.63) is 21.9 Å². The first-order valence-corrected chi connectivity index (χ1v) is 8.88. The standard InChI is InChI=1S/C16H26N4O2S.HI/c1-4-22-16(21)20-9-7-13(8-10-20)19-15(17-3)18-11-14-6-5-12(2)23-14;/h5-6,13H,4,7-11H2,1-3H3,(H2,17,18,19);1H. The minimum absolute atomic E-state index is 0. The van der Waals surface area contributed by atoms with Crippen molar-refractivity contribution in [3.8, 4) is 0 Å². The van der Waals surface area contributed by atoms with E-state index >= 15 is 0 Å². The summed E-state index contributed by atoms with van der Waals surface area (Å²) in [5, 5.41) is 6.78. The highest BCUT2D eigenvalue weighted by Crippen LogP contribution is 2.15. The van der Waals surface area contributed by atoms with Crippen molar-refractivity contribution in [2.45, 2.75) is 39.3 Å². The molecule has 24 heavy (non-hydrogen) atoms. The number of guanidine groups is 1. The van der Waals surface area contributed by atoms with Crippen molar-refractivity contribution in [3.63, 3.8) is 0 Å². The Morgan fingerprint density at radius 1 is 1.42 bits per heavy atom. The molecule has 0 bridgehead atoms. The molecule has 1 aliphatic heterocycles. The molecule has 0 aromatic carbocycles. The van der Waals surface area contributed by atoms with Gasteiger partial charge in [-0.15, -0.1) is 35.3 Å². The third-order valence-corrected chi connectivity index (χ3v) is 4.81. The van der Waals surface area contributed by atoms with Gasteiger partial charge in [0.15, 0.2) is 5.96 Å². The molecule has 0 aliphatic carbocycles. The van der Waals surface area contributed by atoms with Gasteiger partial charge in [0.05, 0.1) is 13.2 Å². The second kappa shape index (κ2) is 10.8. The first kappa shape index (κ1) is 21.0. The van der Waals surface area contributed by atoms with E-state index in [2.05, 4.69) is 34.7 Å². The number of carbonyl (C=O) groups excluding carboxylic acids is 1. The van der Waals surface area contributed by atoms with E-state index in [1.807, 2.05) is 6.92 Å². The Bertz CT molecular complexity index is 542. The fourth-order valence-electron chi connectivity index (χ4n) is 2.56. The van der Waals surface area contributed by atoms with Gasteiger partial charge in [-0.3, -0.25) is 4.99 Å². The summed E-state index contributed by atoms with van der Waals surface area (Å²) >= 11 is 1.79. The smallest absolute Gasteiger partial charge is 0.409 e. The van der Waals surface area contributed by atoms with Gasteiger partial charge in [0.2, 0.25) is 0 Å². The molecule has 1 aromatic heterocycles. The van der Waals surface area contributed by atoms with E-state index in [4.69, 9.17) is 4.74 Å². The Hall–Kier alpha value is -1.03. The number of nitrogens with one attached hydrogen (secondary N) is 2. The molecule has 1 saturated heterocycles. The Kier molecular flexibility index (Phi) is 9.42. The molecule has 8 heteroatoms. The number of hydrogen-bond donors (Lipinski definition) is 2. The summed E-state index contributed by atoms with van der Waals surface area (Å²) in [6, 6.07) is 4.60. The van der Waals surface area contributed by atoms with Crippen molar-refractivity contribution in [2.75, 3.05) is 26.7 Å². The summed E-state index contributed by atoms with van der Waals surface area (Å²) in [4.78, 5) is 20.4. The highest BCUT2D eigenvalue weighted by molar-refractivity contribution is 14.0. The molecule has 0 saturated carbocycles. The van der Waals surface area contributed by atoms with Gasteiger partial charge < -0.3 is 20.3 Å². The van der Waals surface area contributed by atoms with Crippen LogP contribution in [0.1, 0.15) is 29.5 Å². The Labute approximate surface area is 165 Å². The van der Waals surface area contributed by atoms with E-state index < -0.39 is 0 Å². The van der Waals surface area contributed by atoms with E-state index in [0.717, 1.165) is 38.4 Å². The number of ether oxygens (including phenoxy) is 1. The number of hydrogen-bond acceptors (Lipinski definition) is 4. The van der Waals surface area contributed by atoms with Gasteiger partial charge in [-0.2, -0.15) is 0 Å². The summed E-state index contributed by atoms with van der Waals surface area (Å²) in [6.07, 6.45) is 1.59. The lowest BCUT2D eigenvalue weighted by molar-refractivity contribution is 0.0963. The zero-order valence-electron chi connectivity index (χ0n) is 14.5. The number of thiophene rings is 1. The molecule has 1 amide bonds. The average molecular weight is 466 g/mol. The number of aryl methyl sites for hydroxylation is 1. The van der Waals surface area contributed by atoms with Crippen LogP contribution >= 0.6 is 35.3 Å². The van der Waals surface area contributed by atoms with Crippen molar-refractivity contribution < 1.29 is 9.53 Å². The number of likely N-dealkylation sites (tertiary alicyclic amines) is 1. The van der Waals surface area contributed by atoms with Crippen molar-refractivity contribution in [2.24, 2.45) is 4.99 Å². The maximum atomic E-state index is 11.7. The fourth-order valence-corrected chi connectivity index (χ4v) is 3.39. The van der Waals surface area contributed by atoms with Gasteiger partial charge in [-0.25, -0.2) is 4.79 Å². The van der Waals surface area contributed by atoms with Crippen LogP contribution in [0.2, 0.25) is 0 Å². The fraction of sp³-hybridized carbons (Fsp3) is 0.625.